The molecule has 0 bridgehead atoms. The fraction of sp³-hybridized carbons (Fsp3) is 0.0833. The summed E-state index contributed by atoms with van der Waals surface area (Å²) in [4.78, 5) is 12.6. The second kappa shape index (κ2) is 10.1. The van der Waals surface area contributed by atoms with Crippen molar-refractivity contribution >= 4 is 39.4 Å². The molecule has 0 amide bonds. The second-order valence-electron chi connectivity index (χ2n) is 6.28. The largest absolute Gasteiger partial charge is 0.493 e. The van der Waals surface area contributed by atoms with Gasteiger partial charge in [-0.05, 0) is 45.8 Å². The molecule has 0 aromatic heterocycles. The standard InChI is InChI=1S/C24H17BrClNO3/c1-29-22-13-16(11-19(14-27)23(28)17-7-3-2-4-8-17)12-20(25)24(22)30-15-18-9-5-6-10-21(18)26/h2-13H,15H2,1H3. The van der Waals surface area contributed by atoms with Gasteiger partial charge in [0, 0.05) is 16.1 Å². The van der Waals surface area contributed by atoms with Crippen molar-refractivity contribution in [3.63, 3.8) is 0 Å². The zero-order valence-electron chi connectivity index (χ0n) is 16.1. The van der Waals surface area contributed by atoms with Crippen molar-refractivity contribution in [1.82, 2.24) is 0 Å². The van der Waals surface area contributed by atoms with Crippen LogP contribution in [0.4, 0.5) is 0 Å². The van der Waals surface area contributed by atoms with E-state index in [4.69, 9.17) is 21.1 Å². The van der Waals surface area contributed by atoms with Crippen LogP contribution in [-0.4, -0.2) is 12.9 Å². The number of methoxy groups -OCH3 is 1. The van der Waals surface area contributed by atoms with Crippen molar-refractivity contribution in [1.29, 1.82) is 5.26 Å². The Morgan fingerprint density at radius 1 is 1.13 bits per heavy atom. The van der Waals surface area contributed by atoms with E-state index in [1.54, 1.807) is 42.5 Å². The number of ether oxygens (including phenoxy) is 2. The minimum absolute atomic E-state index is 0.0277. The molecule has 150 valence electrons. The summed E-state index contributed by atoms with van der Waals surface area (Å²) in [6.45, 7) is 0.264. The molecular formula is C24H17BrClNO3. The maximum atomic E-state index is 12.6. The molecule has 3 aromatic rings. The molecule has 0 unspecified atom stereocenters. The summed E-state index contributed by atoms with van der Waals surface area (Å²) in [5, 5.41) is 10.1. The van der Waals surface area contributed by atoms with E-state index < -0.39 is 0 Å². The van der Waals surface area contributed by atoms with Gasteiger partial charge in [-0.3, -0.25) is 4.79 Å². The van der Waals surface area contributed by atoms with Crippen LogP contribution < -0.4 is 9.47 Å². The van der Waals surface area contributed by atoms with Gasteiger partial charge in [-0.1, -0.05) is 60.1 Å². The summed E-state index contributed by atoms with van der Waals surface area (Å²) in [6.07, 6.45) is 1.53. The Bertz CT molecular complexity index is 1140. The molecule has 0 atom stereocenters. The molecular weight excluding hydrogens is 466 g/mol. The number of hydrogen-bond donors (Lipinski definition) is 0. The average Bonchev–Trinajstić information content (AvgIpc) is 2.77. The second-order valence-corrected chi connectivity index (χ2v) is 7.54. The van der Waals surface area contributed by atoms with Crippen LogP contribution in [0.3, 0.4) is 0 Å². The highest BCUT2D eigenvalue weighted by atomic mass is 79.9. The molecule has 0 aliphatic carbocycles. The van der Waals surface area contributed by atoms with Gasteiger partial charge in [-0.25, -0.2) is 0 Å². The van der Waals surface area contributed by atoms with Gasteiger partial charge in [0.2, 0.25) is 5.78 Å². The average molecular weight is 483 g/mol. The lowest BCUT2D eigenvalue weighted by atomic mass is 10.0. The SMILES string of the molecule is COc1cc(C=C(C#N)C(=O)c2ccccc2)cc(Br)c1OCc1ccccc1Cl. The third-order valence-electron chi connectivity index (χ3n) is 4.29. The third kappa shape index (κ3) is 5.10. The van der Waals surface area contributed by atoms with E-state index in [2.05, 4.69) is 15.9 Å². The normalized spacial score (nSPS) is 10.9. The number of nitriles is 1. The lowest BCUT2D eigenvalue weighted by molar-refractivity contribution is 0.104. The van der Waals surface area contributed by atoms with Crippen molar-refractivity contribution in [2.45, 2.75) is 6.61 Å². The summed E-state index contributed by atoms with van der Waals surface area (Å²) in [5.74, 6) is 0.627. The first-order valence-electron chi connectivity index (χ1n) is 8.98. The smallest absolute Gasteiger partial charge is 0.203 e. The molecule has 0 fully saturated rings. The topological polar surface area (TPSA) is 59.3 Å². The van der Waals surface area contributed by atoms with Crippen molar-refractivity contribution in [2.75, 3.05) is 7.11 Å². The number of carbonyl (C=O) groups excluding carboxylic acids is 1. The van der Waals surface area contributed by atoms with Crippen LogP contribution in [0.2, 0.25) is 5.02 Å². The maximum Gasteiger partial charge on any atom is 0.203 e. The fourth-order valence-electron chi connectivity index (χ4n) is 2.79. The number of benzene rings is 3. The van der Waals surface area contributed by atoms with Crippen molar-refractivity contribution in [2.24, 2.45) is 0 Å². The highest BCUT2D eigenvalue weighted by molar-refractivity contribution is 9.10. The first-order valence-corrected chi connectivity index (χ1v) is 10.2. The fourth-order valence-corrected chi connectivity index (χ4v) is 3.55. The predicted molar refractivity (Wildman–Crippen MR) is 121 cm³/mol. The van der Waals surface area contributed by atoms with E-state index >= 15 is 0 Å². The molecule has 3 aromatic carbocycles. The predicted octanol–water partition coefficient (Wildman–Crippen LogP) is 6.48. The quantitative estimate of drug-likeness (QED) is 0.220. The van der Waals surface area contributed by atoms with Crippen LogP contribution in [0.5, 0.6) is 11.5 Å². The van der Waals surface area contributed by atoms with Gasteiger partial charge in [0.1, 0.15) is 18.2 Å². The van der Waals surface area contributed by atoms with Crippen LogP contribution in [0.1, 0.15) is 21.5 Å². The molecule has 0 radical (unpaired) electrons. The molecule has 6 heteroatoms. The summed E-state index contributed by atoms with van der Waals surface area (Å²) in [7, 11) is 1.53. The number of rotatable bonds is 7. The number of nitrogens with zero attached hydrogens (tertiary/aromatic N) is 1. The molecule has 0 aliphatic heterocycles. The van der Waals surface area contributed by atoms with E-state index in [-0.39, 0.29) is 18.0 Å². The summed E-state index contributed by atoms with van der Waals surface area (Å²) >= 11 is 9.68. The Morgan fingerprint density at radius 3 is 2.50 bits per heavy atom. The van der Waals surface area contributed by atoms with Gasteiger partial charge in [-0.15, -0.1) is 0 Å². The van der Waals surface area contributed by atoms with Crippen LogP contribution in [0.15, 0.2) is 76.8 Å². The monoisotopic (exact) mass is 481 g/mol. The van der Waals surface area contributed by atoms with E-state index in [1.807, 2.05) is 30.3 Å². The van der Waals surface area contributed by atoms with E-state index in [1.165, 1.54) is 13.2 Å². The molecule has 3 rings (SSSR count). The van der Waals surface area contributed by atoms with Gasteiger partial charge in [-0.2, -0.15) is 5.26 Å². The first kappa shape index (κ1) is 21.6. The highest BCUT2D eigenvalue weighted by Crippen LogP contribution is 2.38. The molecule has 4 nitrogen and oxygen atoms in total. The van der Waals surface area contributed by atoms with Crippen LogP contribution >= 0.6 is 27.5 Å². The molecule has 0 spiro atoms. The molecule has 0 aliphatic rings. The third-order valence-corrected chi connectivity index (χ3v) is 5.25. The molecule has 30 heavy (non-hydrogen) atoms. The summed E-state index contributed by atoms with van der Waals surface area (Å²) in [5.41, 5.74) is 1.96. The van der Waals surface area contributed by atoms with Crippen LogP contribution in [0.25, 0.3) is 6.08 Å². The van der Waals surface area contributed by atoms with Gasteiger partial charge in [0.05, 0.1) is 11.6 Å². The number of halogens is 2. The van der Waals surface area contributed by atoms with E-state index in [9.17, 15) is 10.1 Å². The Hall–Kier alpha value is -3.07. The zero-order chi connectivity index (χ0) is 21.5. The minimum atomic E-state index is -0.341. The van der Waals surface area contributed by atoms with Gasteiger partial charge >= 0.3 is 0 Å². The van der Waals surface area contributed by atoms with Crippen LogP contribution in [-0.2, 0) is 6.61 Å². The highest BCUT2D eigenvalue weighted by Gasteiger charge is 2.15. The van der Waals surface area contributed by atoms with Crippen molar-refractivity contribution in [3.8, 4) is 17.6 Å². The van der Waals surface area contributed by atoms with Gasteiger partial charge in [0.25, 0.3) is 0 Å². The summed E-state index contributed by atoms with van der Waals surface area (Å²) in [6, 6.07) is 21.6. The molecule has 0 N–H and O–H groups in total. The lowest BCUT2D eigenvalue weighted by Crippen LogP contribution is -2.02. The molecule has 0 saturated heterocycles. The Balaban J connectivity index is 1.89. The van der Waals surface area contributed by atoms with Gasteiger partial charge < -0.3 is 9.47 Å². The Morgan fingerprint density at radius 2 is 1.83 bits per heavy atom. The van der Waals surface area contributed by atoms with Crippen LogP contribution in [0, 0.1) is 11.3 Å². The number of carbonyl (C=O) groups is 1. The number of ketones is 1. The van der Waals surface area contributed by atoms with E-state index in [0.29, 0.717) is 32.1 Å². The lowest BCUT2D eigenvalue weighted by Gasteiger charge is -2.14. The number of hydrogen-bond acceptors (Lipinski definition) is 4. The Labute approximate surface area is 188 Å². The van der Waals surface area contributed by atoms with Gasteiger partial charge in [0.15, 0.2) is 11.5 Å². The van der Waals surface area contributed by atoms with Crippen molar-refractivity contribution in [3.05, 3.63) is 98.5 Å². The Kier molecular flexibility index (Phi) is 7.29. The van der Waals surface area contributed by atoms with Crippen molar-refractivity contribution < 1.29 is 14.3 Å². The molecule has 0 heterocycles. The maximum absolute atomic E-state index is 12.6. The van der Waals surface area contributed by atoms with E-state index in [0.717, 1.165) is 5.56 Å². The minimum Gasteiger partial charge on any atom is -0.493 e. The number of allylic oxidation sites excluding steroid dienone is 1. The summed E-state index contributed by atoms with van der Waals surface area (Å²) < 4.78 is 12.0. The zero-order valence-corrected chi connectivity index (χ0v) is 18.4. The number of Topliss-reactive ketones (excluding diaryl/α,β-unsaturated/α-hetero) is 1. The molecule has 0 saturated carbocycles. The first-order chi connectivity index (χ1) is 14.5.